The minimum Gasteiger partial charge on any atom is -0.347 e. The maximum Gasteiger partial charge on any atom is 0.254 e. The van der Waals surface area contributed by atoms with E-state index in [1.54, 1.807) is 21.8 Å². The topological polar surface area (TPSA) is 74.0 Å². The van der Waals surface area contributed by atoms with Gasteiger partial charge < -0.3 is 10.2 Å². The van der Waals surface area contributed by atoms with Gasteiger partial charge in [-0.1, -0.05) is 6.07 Å². The first-order chi connectivity index (χ1) is 11.6. The van der Waals surface area contributed by atoms with Gasteiger partial charge in [0.05, 0.1) is 11.8 Å². The third-order valence-electron chi connectivity index (χ3n) is 4.17. The van der Waals surface area contributed by atoms with Crippen LogP contribution >= 0.6 is 0 Å². The molecule has 1 aromatic heterocycles. The van der Waals surface area contributed by atoms with Gasteiger partial charge in [-0.15, -0.1) is 0 Å². The number of rotatable bonds is 4. The minimum atomic E-state index is -0.565. The van der Waals surface area contributed by atoms with Crippen molar-refractivity contribution in [1.29, 1.82) is 5.26 Å². The van der Waals surface area contributed by atoms with E-state index >= 15 is 0 Å². The normalized spacial score (nSPS) is 16.9. The lowest BCUT2D eigenvalue weighted by atomic mass is 10.1. The number of benzene rings is 1. The van der Waals surface area contributed by atoms with Crippen molar-refractivity contribution in [3.05, 3.63) is 42.0 Å². The number of hydrogen-bond acceptors (Lipinski definition) is 4. The number of aromatic nitrogens is 2. The quantitative estimate of drug-likeness (QED) is 0.872. The lowest BCUT2D eigenvalue weighted by Crippen LogP contribution is -2.36. The van der Waals surface area contributed by atoms with Crippen molar-refractivity contribution < 1.29 is 9.18 Å². The predicted octanol–water partition coefficient (Wildman–Crippen LogP) is 1.99. The van der Waals surface area contributed by atoms with Crippen molar-refractivity contribution in [2.24, 2.45) is 0 Å². The smallest absolute Gasteiger partial charge is 0.254 e. The molecule has 1 aliphatic heterocycles. The number of hydrogen-bond donors (Lipinski definition) is 1. The first-order valence-electron chi connectivity index (χ1n) is 7.88. The number of nitrogens with zero attached hydrogens (tertiary/aromatic N) is 4. The Hall–Kier alpha value is -2.88. The second-order valence-electron chi connectivity index (χ2n) is 5.78. The van der Waals surface area contributed by atoms with Crippen LogP contribution in [0, 0.1) is 17.3 Å². The van der Waals surface area contributed by atoms with E-state index in [1.807, 2.05) is 13.1 Å². The largest absolute Gasteiger partial charge is 0.347 e. The van der Waals surface area contributed by atoms with Gasteiger partial charge >= 0.3 is 0 Å². The molecule has 0 bridgehead atoms. The Labute approximate surface area is 139 Å². The number of carbonyl (C=O) groups is 1. The molecule has 124 valence electrons. The molecule has 0 spiro atoms. The van der Waals surface area contributed by atoms with Gasteiger partial charge in [0.2, 0.25) is 0 Å². The van der Waals surface area contributed by atoms with Crippen molar-refractivity contribution in [2.45, 2.75) is 25.9 Å². The fourth-order valence-corrected chi connectivity index (χ4v) is 2.80. The van der Waals surface area contributed by atoms with E-state index in [9.17, 15) is 9.18 Å². The zero-order valence-corrected chi connectivity index (χ0v) is 13.4. The van der Waals surface area contributed by atoms with Gasteiger partial charge in [0, 0.05) is 37.4 Å². The molecule has 1 atom stereocenters. The van der Waals surface area contributed by atoms with E-state index in [4.69, 9.17) is 5.26 Å². The molecule has 3 rings (SSSR count). The molecule has 24 heavy (non-hydrogen) atoms. The number of amides is 1. The van der Waals surface area contributed by atoms with Crippen molar-refractivity contribution in [3.8, 4) is 17.3 Å². The van der Waals surface area contributed by atoms with Crippen molar-refractivity contribution in [2.75, 3.05) is 13.1 Å². The van der Waals surface area contributed by atoms with E-state index in [1.165, 1.54) is 12.1 Å². The van der Waals surface area contributed by atoms with Gasteiger partial charge in [0.25, 0.3) is 5.91 Å². The molecular weight excluding hydrogens is 309 g/mol. The summed E-state index contributed by atoms with van der Waals surface area (Å²) in [4.78, 5) is 13.8. The third-order valence-corrected chi connectivity index (χ3v) is 4.17. The molecule has 6 nitrogen and oxygen atoms in total. The molecule has 2 aromatic rings. The molecule has 0 saturated carbocycles. The van der Waals surface area contributed by atoms with Gasteiger partial charge in [-0.2, -0.15) is 10.4 Å². The van der Waals surface area contributed by atoms with Crippen LogP contribution in [0.5, 0.6) is 0 Å². The number of nitriles is 1. The monoisotopic (exact) mass is 327 g/mol. The standard InChI is InChI=1S/C17H18FN5O/c1-2-23-9-13(8-20-23)12-3-4-15(16(18)7-12)17(24)21-14-5-6-22(10-14)11-19/h3-4,7-9,14H,2,5-6,10H2,1H3,(H,21,24). The average molecular weight is 327 g/mol. The number of aryl methyl sites for hydroxylation is 1. The predicted molar refractivity (Wildman–Crippen MR) is 86.4 cm³/mol. The molecular formula is C17H18FN5O. The molecule has 7 heteroatoms. The maximum atomic E-state index is 14.3. The minimum absolute atomic E-state index is 0.0111. The zero-order valence-electron chi connectivity index (χ0n) is 13.4. The number of likely N-dealkylation sites (tertiary alicyclic amines) is 1. The molecule has 1 aliphatic rings. The average Bonchev–Trinajstić information content (AvgIpc) is 3.23. The number of halogens is 1. The summed E-state index contributed by atoms with van der Waals surface area (Å²) < 4.78 is 16.1. The van der Waals surface area contributed by atoms with Crippen molar-refractivity contribution >= 4 is 5.91 Å². The van der Waals surface area contributed by atoms with Crippen LogP contribution in [0.3, 0.4) is 0 Å². The van der Waals surface area contributed by atoms with Crippen LogP contribution in [-0.2, 0) is 6.54 Å². The van der Waals surface area contributed by atoms with Gasteiger partial charge in [0.1, 0.15) is 5.82 Å². The summed E-state index contributed by atoms with van der Waals surface area (Å²) in [5.74, 6) is -1.02. The van der Waals surface area contributed by atoms with E-state index in [0.717, 1.165) is 12.1 Å². The van der Waals surface area contributed by atoms with Gasteiger partial charge in [-0.25, -0.2) is 4.39 Å². The summed E-state index contributed by atoms with van der Waals surface area (Å²) in [6.07, 6.45) is 6.25. The number of nitrogens with one attached hydrogen (secondary N) is 1. The van der Waals surface area contributed by atoms with Crippen LogP contribution in [0.15, 0.2) is 30.6 Å². The highest BCUT2D eigenvalue weighted by atomic mass is 19.1. The maximum absolute atomic E-state index is 14.3. The summed E-state index contributed by atoms with van der Waals surface area (Å²) >= 11 is 0. The Morgan fingerprint density at radius 3 is 2.96 bits per heavy atom. The van der Waals surface area contributed by atoms with Crippen LogP contribution in [0.4, 0.5) is 4.39 Å². The van der Waals surface area contributed by atoms with E-state index in [0.29, 0.717) is 25.1 Å². The second-order valence-corrected chi connectivity index (χ2v) is 5.78. The summed E-state index contributed by atoms with van der Waals surface area (Å²) in [6.45, 7) is 3.80. The van der Waals surface area contributed by atoms with Crippen LogP contribution < -0.4 is 5.32 Å². The Morgan fingerprint density at radius 2 is 2.33 bits per heavy atom. The highest BCUT2D eigenvalue weighted by Gasteiger charge is 2.24. The first kappa shape index (κ1) is 16.0. The Kier molecular flexibility index (Phi) is 4.47. The summed E-state index contributed by atoms with van der Waals surface area (Å²) in [5.41, 5.74) is 1.50. The fraction of sp³-hybridized carbons (Fsp3) is 0.353. The molecule has 1 unspecified atom stereocenters. The van der Waals surface area contributed by atoms with Crippen LogP contribution in [0.1, 0.15) is 23.7 Å². The summed E-state index contributed by atoms with van der Waals surface area (Å²) in [6, 6.07) is 4.42. The van der Waals surface area contributed by atoms with Gasteiger partial charge in [-0.3, -0.25) is 9.48 Å². The molecule has 0 aliphatic carbocycles. The van der Waals surface area contributed by atoms with E-state index in [2.05, 4.69) is 16.6 Å². The van der Waals surface area contributed by atoms with Crippen LogP contribution in [0.25, 0.3) is 11.1 Å². The van der Waals surface area contributed by atoms with Crippen molar-refractivity contribution in [1.82, 2.24) is 20.0 Å². The summed E-state index contributed by atoms with van der Waals surface area (Å²) in [5, 5.41) is 15.8. The fourth-order valence-electron chi connectivity index (χ4n) is 2.80. The third kappa shape index (κ3) is 3.23. The molecule has 1 amide bonds. The Bertz CT molecular complexity index is 795. The highest BCUT2D eigenvalue weighted by Crippen LogP contribution is 2.22. The van der Waals surface area contributed by atoms with Crippen LogP contribution in [0.2, 0.25) is 0 Å². The lowest BCUT2D eigenvalue weighted by Gasteiger charge is -2.13. The van der Waals surface area contributed by atoms with Gasteiger partial charge in [-0.05, 0) is 31.0 Å². The van der Waals surface area contributed by atoms with Crippen molar-refractivity contribution in [3.63, 3.8) is 0 Å². The first-order valence-corrected chi connectivity index (χ1v) is 7.88. The van der Waals surface area contributed by atoms with E-state index in [-0.39, 0.29) is 11.6 Å². The van der Waals surface area contributed by atoms with Crippen LogP contribution in [-0.4, -0.2) is 39.7 Å². The van der Waals surface area contributed by atoms with E-state index < -0.39 is 11.7 Å². The lowest BCUT2D eigenvalue weighted by molar-refractivity contribution is 0.0935. The van der Waals surface area contributed by atoms with Gasteiger partial charge in [0.15, 0.2) is 6.19 Å². The molecule has 2 heterocycles. The second kappa shape index (κ2) is 6.71. The number of carbonyl (C=O) groups excluding carboxylic acids is 1. The summed E-state index contributed by atoms with van der Waals surface area (Å²) in [7, 11) is 0. The SMILES string of the molecule is CCn1cc(-c2ccc(C(=O)NC3CCN(C#N)C3)c(F)c2)cn1. The highest BCUT2D eigenvalue weighted by molar-refractivity contribution is 5.95. The Morgan fingerprint density at radius 1 is 1.50 bits per heavy atom. The Balaban J connectivity index is 1.72. The zero-order chi connectivity index (χ0) is 17.1. The molecule has 0 radical (unpaired) electrons. The molecule has 1 fully saturated rings. The molecule has 1 saturated heterocycles. The molecule has 1 aromatic carbocycles. The molecule has 1 N–H and O–H groups in total.